The maximum Gasteiger partial charge on any atom is 0.222 e. The van der Waals surface area contributed by atoms with Crippen LogP contribution in [0.15, 0.2) is 37.4 Å². The summed E-state index contributed by atoms with van der Waals surface area (Å²) in [6, 6.07) is 0. The van der Waals surface area contributed by atoms with E-state index < -0.39 is 0 Å². The Kier molecular flexibility index (Phi) is 5.10. The third-order valence-electron chi connectivity index (χ3n) is 3.13. The molecule has 0 aliphatic rings. The lowest BCUT2D eigenvalue weighted by Gasteiger charge is -2.15. The molecule has 2 rings (SSSR count). The number of hydrogen-bond donors (Lipinski definition) is 0. The molecule has 0 aliphatic heterocycles. The van der Waals surface area contributed by atoms with Crippen LogP contribution in [-0.4, -0.2) is 16.7 Å². The second-order valence-corrected chi connectivity index (χ2v) is 6.99. The smallest absolute Gasteiger partial charge is 0.222 e. The van der Waals surface area contributed by atoms with Crippen molar-refractivity contribution in [1.29, 1.82) is 0 Å². The molecule has 0 fully saturated rings. The van der Waals surface area contributed by atoms with Crippen molar-refractivity contribution in [3.63, 3.8) is 0 Å². The summed E-state index contributed by atoms with van der Waals surface area (Å²) in [6.45, 7) is 13.2. The lowest BCUT2D eigenvalue weighted by atomic mass is 10.1. The van der Waals surface area contributed by atoms with Gasteiger partial charge in [0.05, 0.1) is 12.4 Å². The molecular weight excluding hydrogens is 362 g/mol. The maximum absolute atomic E-state index is 2.20. The van der Waals surface area contributed by atoms with Gasteiger partial charge in [0.1, 0.15) is 23.5 Å². The topological polar surface area (TPSA) is 17.6 Å². The first-order valence-electron chi connectivity index (χ1n) is 6.70. The lowest BCUT2D eigenvalue weighted by molar-refractivity contribution is -0.659. The van der Waals surface area contributed by atoms with Gasteiger partial charge in [-0.2, -0.15) is 0 Å². The van der Waals surface area contributed by atoms with E-state index in [1.165, 1.54) is 0 Å². The fraction of sp³-hybridized carbons (Fsp3) is 0.571. The Morgan fingerprint density at radius 2 is 1.10 bits per heavy atom. The van der Waals surface area contributed by atoms with E-state index in [1.54, 1.807) is 0 Å². The van der Waals surface area contributed by atoms with Crippen molar-refractivity contribution < 1.29 is 32.9 Å². The number of halogens is 1. The molecule has 0 bridgehead atoms. The zero-order chi connectivity index (χ0) is 14.3. The molecule has 0 atom stereocenters. The zero-order valence-corrected chi connectivity index (χ0v) is 15.4. The van der Waals surface area contributed by atoms with E-state index in [2.05, 4.69) is 105 Å². The van der Waals surface area contributed by atoms with Gasteiger partial charge in [-0.05, 0) is 41.5 Å². The first-order chi connectivity index (χ1) is 8.66. The third-order valence-corrected chi connectivity index (χ3v) is 3.13. The summed E-state index contributed by atoms with van der Waals surface area (Å²) in [5, 5.41) is 0. The van der Waals surface area contributed by atoms with Gasteiger partial charge in [-0.3, -0.25) is 0 Å². The minimum absolute atomic E-state index is 0. The minimum Gasteiger partial charge on any atom is -1.00 e. The predicted octanol–water partition coefficient (Wildman–Crippen LogP) is -1.69. The van der Waals surface area contributed by atoms with Crippen LogP contribution >= 0.6 is 0 Å². The van der Waals surface area contributed by atoms with Gasteiger partial charge in [0.25, 0.3) is 0 Å². The van der Waals surface area contributed by atoms with Crippen molar-refractivity contribution in [3.05, 3.63) is 37.4 Å². The average Bonchev–Trinajstić information content (AvgIpc) is 2.84. The molecule has 0 saturated carbocycles. The molecule has 0 aromatic carbocycles. The van der Waals surface area contributed by atoms with Crippen LogP contribution in [0.25, 0.3) is 0 Å². The van der Waals surface area contributed by atoms with Gasteiger partial charge in [-0.25, -0.2) is 9.13 Å². The second kappa shape index (κ2) is 5.91. The normalized spacial score (nSPS) is 12.3. The molecule has 2 radical (unpaired) electrons. The number of nitrogens with zero attached hydrogens (tertiary/aromatic N) is 4. The summed E-state index contributed by atoms with van der Waals surface area (Å²) >= 11 is 0. The minimum atomic E-state index is 0. The fourth-order valence-corrected chi connectivity index (χ4v) is 1.82. The van der Waals surface area contributed by atoms with Gasteiger partial charge in [0.2, 0.25) is 7.55 Å². The molecule has 6 heteroatoms. The highest BCUT2D eigenvalue weighted by atomic mass is 127. The number of hydrogen-bond acceptors (Lipinski definition) is 0. The van der Waals surface area contributed by atoms with E-state index in [0.29, 0.717) is 0 Å². The molecule has 2 aromatic rings. The van der Waals surface area contributed by atoms with Crippen LogP contribution in [0.3, 0.4) is 0 Å². The van der Waals surface area contributed by atoms with Crippen LogP contribution < -0.4 is 32.9 Å². The van der Waals surface area contributed by atoms with Crippen LogP contribution in [0.4, 0.5) is 0 Å². The average molecular weight is 386 g/mol. The molecule has 110 valence electrons. The Balaban J connectivity index is 0.00000200. The van der Waals surface area contributed by atoms with Gasteiger partial charge in [0, 0.05) is 0 Å². The van der Waals surface area contributed by atoms with Crippen LogP contribution in [0.2, 0.25) is 0 Å². The van der Waals surface area contributed by atoms with Crippen molar-refractivity contribution >= 4 is 7.55 Å². The van der Waals surface area contributed by atoms with Crippen LogP contribution in [0, 0.1) is 0 Å². The van der Waals surface area contributed by atoms with Gasteiger partial charge in [-0.1, -0.05) is 0 Å². The Labute approximate surface area is 139 Å². The SMILES string of the molecule is CC(C)(C)n1cc[n+]([B-][n+]2ccn(C(C)(C)C)c2)c1.[I-]. The highest BCUT2D eigenvalue weighted by molar-refractivity contribution is 6.11. The summed E-state index contributed by atoms with van der Waals surface area (Å²) in [7, 11) is 2.06. The number of rotatable bonds is 2. The molecule has 20 heavy (non-hydrogen) atoms. The zero-order valence-electron chi connectivity index (χ0n) is 13.2. The Hall–Kier alpha value is -0.785. The monoisotopic (exact) mass is 386 g/mol. The first kappa shape index (κ1) is 17.3. The van der Waals surface area contributed by atoms with E-state index >= 15 is 0 Å². The Morgan fingerprint density at radius 1 is 0.750 bits per heavy atom. The Morgan fingerprint density at radius 3 is 1.35 bits per heavy atom. The molecule has 0 N–H and O–H groups in total. The number of aromatic nitrogens is 4. The van der Waals surface area contributed by atoms with E-state index in [0.717, 1.165) is 0 Å². The first-order valence-corrected chi connectivity index (χ1v) is 6.70. The fourth-order valence-electron chi connectivity index (χ4n) is 1.82. The van der Waals surface area contributed by atoms with Gasteiger partial charge >= 0.3 is 0 Å². The second-order valence-electron chi connectivity index (χ2n) is 6.99. The van der Waals surface area contributed by atoms with Crippen molar-refractivity contribution in [2.75, 3.05) is 0 Å². The molecular formula is C14H24BIN4. The number of imidazole rings is 2. The highest BCUT2D eigenvalue weighted by Gasteiger charge is 2.19. The molecule has 4 nitrogen and oxygen atoms in total. The van der Waals surface area contributed by atoms with Crippen molar-refractivity contribution in [3.8, 4) is 0 Å². The quantitative estimate of drug-likeness (QED) is 0.433. The van der Waals surface area contributed by atoms with Crippen molar-refractivity contribution in [2.45, 2.75) is 52.6 Å². The summed E-state index contributed by atoms with van der Waals surface area (Å²) in [6.07, 6.45) is 12.5. The molecule has 0 unspecified atom stereocenters. The van der Waals surface area contributed by atoms with Crippen molar-refractivity contribution in [2.24, 2.45) is 0 Å². The van der Waals surface area contributed by atoms with Crippen molar-refractivity contribution in [1.82, 2.24) is 9.13 Å². The maximum atomic E-state index is 2.20. The third kappa shape index (κ3) is 4.10. The van der Waals surface area contributed by atoms with Gasteiger partial charge in [-0.15, -0.1) is 0 Å². The summed E-state index contributed by atoms with van der Waals surface area (Å²) in [5.74, 6) is 0. The molecule has 2 aromatic heterocycles. The van der Waals surface area contributed by atoms with Gasteiger partial charge in [0.15, 0.2) is 12.7 Å². The molecule has 2 heterocycles. The van der Waals surface area contributed by atoms with Crippen LogP contribution in [-0.2, 0) is 11.1 Å². The summed E-state index contributed by atoms with van der Waals surface area (Å²) < 4.78 is 8.53. The van der Waals surface area contributed by atoms with E-state index in [9.17, 15) is 0 Å². The standard InChI is InChI=1S/C14H24BN4.HI/c1-13(2,3)16-7-9-18(11-16)15-19-10-8-17(12-19)14(4,5)6;/h7-12H,1-6H3;1H/q+1;/p-1. The highest BCUT2D eigenvalue weighted by Crippen LogP contribution is 2.11. The van der Waals surface area contributed by atoms with Crippen LogP contribution in [0.5, 0.6) is 0 Å². The molecule has 0 amide bonds. The predicted molar refractivity (Wildman–Crippen MR) is 75.8 cm³/mol. The largest absolute Gasteiger partial charge is 1.00 e. The van der Waals surface area contributed by atoms with E-state index in [-0.39, 0.29) is 35.1 Å². The summed E-state index contributed by atoms with van der Waals surface area (Å²) in [4.78, 5) is 0. The molecule has 0 saturated heterocycles. The lowest BCUT2D eigenvalue weighted by Crippen LogP contribution is -3.00. The molecule has 0 aliphatic carbocycles. The summed E-state index contributed by atoms with van der Waals surface area (Å²) in [5.41, 5.74) is 0.224. The van der Waals surface area contributed by atoms with E-state index in [1.807, 2.05) is 0 Å². The Bertz CT molecular complexity index is 510. The van der Waals surface area contributed by atoms with Crippen LogP contribution in [0.1, 0.15) is 41.5 Å². The van der Waals surface area contributed by atoms with E-state index in [4.69, 9.17) is 0 Å². The molecule has 0 spiro atoms. The van der Waals surface area contributed by atoms with Gasteiger partial charge < -0.3 is 32.9 Å².